The minimum Gasteiger partial charge on any atom is -0.481 e. The molecule has 0 aromatic carbocycles. The first-order valence-electron chi connectivity index (χ1n) is 5.61. The fourth-order valence-corrected chi connectivity index (χ4v) is 1.29. The summed E-state index contributed by atoms with van der Waals surface area (Å²) in [6.07, 6.45) is 3.05. The Morgan fingerprint density at radius 2 is 1.94 bits per heavy atom. The Morgan fingerprint density at radius 3 is 2.50 bits per heavy atom. The molecule has 0 aliphatic carbocycles. The number of carboxylic acids is 1. The van der Waals surface area contributed by atoms with Gasteiger partial charge in [-0.25, -0.2) is 0 Å². The molecular weight excluding hydrogens is 208 g/mol. The van der Waals surface area contributed by atoms with Crippen molar-refractivity contribution in [2.24, 2.45) is 5.92 Å². The Hall–Kier alpha value is -1.39. The highest BCUT2D eigenvalue weighted by Gasteiger charge is 2.07. The molecule has 5 nitrogen and oxygen atoms in total. The van der Waals surface area contributed by atoms with Gasteiger partial charge >= 0.3 is 5.97 Å². The highest BCUT2D eigenvalue weighted by atomic mass is 16.4. The van der Waals surface area contributed by atoms with Crippen molar-refractivity contribution in [1.82, 2.24) is 10.2 Å². The third-order valence-corrected chi connectivity index (χ3v) is 2.23. The number of aryl methyl sites for hydroxylation is 2. The number of carboxylic acid groups (broad SMARTS) is 1. The van der Waals surface area contributed by atoms with Crippen LogP contribution in [0.4, 0.5) is 0 Å². The van der Waals surface area contributed by atoms with Gasteiger partial charge in [0.1, 0.15) is 0 Å². The maximum atomic E-state index is 10.3. The van der Waals surface area contributed by atoms with Gasteiger partial charge in [0.05, 0.1) is 0 Å². The van der Waals surface area contributed by atoms with Gasteiger partial charge < -0.3 is 9.52 Å². The minimum absolute atomic E-state index is 0.143. The van der Waals surface area contributed by atoms with Crippen LogP contribution in [-0.2, 0) is 17.6 Å². The average Bonchev–Trinajstić information content (AvgIpc) is 2.62. The van der Waals surface area contributed by atoms with E-state index in [9.17, 15) is 4.79 Å². The molecule has 1 heterocycles. The summed E-state index contributed by atoms with van der Waals surface area (Å²) < 4.78 is 5.40. The number of aliphatic carboxylic acids is 1. The lowest BCUT2D eigenvalue weighted by atomic mass is 10.1. The van der Waals surface area contributed by atoms with Gasteiger partial charge in [-0.3, -0.25) is 4.79 Å². The van der Waals surface area contributed by atoms with Crippen molar-refractivity contribution in [3.05, 3.63) is 11.8 Å². The predicted octanol–water partition coefficient (Wildman–Crippen LogP) is 2.07. The van der Waals surface area contributed by atoms with Crippen LogP contribution in [0.3, 0.4) is 0 Å². The Labute approximate surface area is 94.9 Å². The molecular formula is C11H18N2O3. The maximum Gasteiger partial charge on any atom is 0.303 e. The van der Waals surface area contributed by atoms with Gasteiger partial charge in [-0.05, 0) is 18.8 Å². The van der Waals surface area contributed by atoms with Crippen molar-refractivity contribution >= 4 is 5.97 Å². The summed E-state index contributed by atoms with van der Waals surface area (Å²) >= 11 is 0. The molecule has 16 heavy (non-hydrogen) atoms. The molecule has 0 bridgehead atoms. The first-order valence-corrected chi connectivity index (χ1v) is 5.61. The van der Waals surface area contributed by atoms with Gasteiger partial charge in [0, 0.05) is 19.3 Å². The number of hydrogen-bond acceptors (Lipinski definition) is 4. The summed E-state index contributed by atoms with van der Waals surface area (Å²) in [5, 5.41) is 16.3. The molecule has 0 saturated heterocycles. The zero-order valence-corrected chi connectivity index (χ0v) is 9.77. The van der Waals surface area contributed by atoms with Crippen molar-refractivity contribution in [2.45, 2.75) is 46.0 Å². The van der Waals surface area contributed by atoms with Crippen LogP contribution in [0.25, 0.3) is 0 Å². The van der Waals surface area contributed by atoms with E-state index in [-0.39, 0.29) is 6.42 Å². The number of rotatable bonds is 7. The predicted molar refractivity (Wildman–Crippen MR) is 58.0 cm³/mol. The van der Waals surface area contributed by atoms with Crippen LogP contribution in [0.15, 0.2) is 4.42 Å². The fraction of sp³-hybridized carbons (Fsp3) is 0.727. The largest absolute Gasteiger partial charge is 0.481 e. The second-order valence-electron chi connectivity index (χ2n) is 4.27. The first-order chi connectivity index (χ1) is 7.58. The van der Waals surface area contributed by atoms with Gasteiger partial charge in [-0.2, -0.15) is 0 Å². The van der Waals surface area contributed by atoms with E-state index in [2.05, 4.69) is 24.0 Å². The highest BCUT2D eigenvalue weighted by molar-refractivity contribution is 5.66. The lowest BCUT2D eigenvalue weighted by Gasteiger charge is -1.99. The van der Waals surface area contributed by atoms with Crippen LogP contribution >= 0.6 is 0 Å². The molecule has 1 rings (SSSR count). The molecule has 1 aromatic heterocycles. The van der Waals surface area contributed by atoms with Crippen molar-refractivity contribution in [3.8, 4) is 0 Å². The Morgan fingerprint density at radius 1 is 1.31 bits per heavy atom. The second-order valence-corrected chi connectivity index (χ2v) is 4.27. The molecule has 0 aliphatic heterocycles. The molecule has 0 amide bonds. The monoisotopic (exact) mass is 226 g/mol. The van der Waals surface area contributed by atoms with Crippen LogP contribution in [0.2, 0.25) is 0 Å². The molecule has 1 N–H and O–H groups in total. The summed E-state index contributed by atoms with van der Waals surface area (Å²) in [6, 6.07) is 0. The van der Waals surface area contributed by atoms with Crippen LogP contribution in [0.5, 0.6) is 0 Å². The van der Waals surface area contributed by atoms with Crippen LogP contribution in [0, 0.1) is 5.92 Å². The standard InChI is InChI=1S/C11H18N2O3/c1-8(2)6-7-10-13-12-9(16-10)4-3-5-11(14)15/h8H,3-7H2,1-2H3,(H,14,15). The Kier molecular flexibility index (Phi) is 4.95. The molecule has 0 saturated carbocycles. The first kappa shape index (κ1) is 12.7. The zero-order chi connectivity index (χ0) is 12.0. The van der Waals surface area contributed by atoms with Crippen LogP contribution in [-0.4, -0.2) is 21.3 Å². The smallest absolute Gasteiger partial charge is 0.303 e. The van der Waals surface area contributed by atoms with Gasteiger partial charge in [0.2, 0.25) is 11.8 Å². The van der Waals surface area contributed by atoms with Crippen LogP contribution < -0.4 is 0 Å². The Bertz CT molecular complexity index is 334. The van der Waals surface area contributed by atoms with E-state index in [0.717, 1.165) is 12.8 Å². The minimum atomic E-state index is -0.792. The number of aromatic nitrogens is 2. The lowest BCUT2D eigenvalue weighted by molar-refractivity contribution is -0.137. The molecule has 0 fully saturated rings. The van der Waals surface area contributed by atoms with Crippen LogP contribution in [0.1, 0.15) is 44.9 Å². The van der Waals surface area contributed by atoms with E-state index >= 15 is 0 Å². The lowest BCUT2D eigenvalue weighted by Crippen LogP contribution is -1.95. The molecule has 0 spiro atoms. The number of hydrogen-bond donors (Lipinski definition) is 1. The van der Waals surface area contributed by atoms with Crippen molar-refractivity contribution in [1.29, 1.82) is 0 Å². The molecule has 5 heteroatoms. The van der Waals surface area contributed by atoms with Gasteiger partial charge in [-0.1, -0.05) is 13.8 Å². The summed E-state index contributed by atoms with van der Waals surface area (Å²) in [6.45, 7) is 4.29. The molecule has 0 atom stereocenters. The van der Waals surface area contributed by atoms with Gasteiger partial charge in [0.15, 0.2) is 0 Å². The Balaban J connectivity index is 2.30. The quantitative estimate of drug-likeness (QED) is 0.770. The fourth-order valence-electron chi connectivity index (χ4n) is 1.29. The zero-order valence-electron chi connectivity index (χ0n) is 9.77. The molecule has 0 radical (unpaired) electrons. The summed E-state index contributed by atoms with van der Waals surface area (Å²) in [7, 11) is 0. The van der Waals surface area contributed by atoms with Gasteiger partial charge in [0.25, 0.3) is 0 Å². The third kappa shape index (κ3) is 4.91. The second kappa shape index (κ2) is 6.25. The van der Waals surface area contributed by atoms with Gasteiger partial charge in [-0.15, -0.1) is 10.2 Å². The molecule has 0 unspecified atom stereocenters. The SMILES string of the molecule is CC(C)CCc1nnc(CCCC(=O)O)o1. The average molecular weight is 226 g/mol. The number of carbonyl (C=O) groups is 1. The summed E-state index contributed by atoms with van der Waals surface area (Å²) in [5.74, 6) is 1.01. The van der Waals surface area contributed by atoms with E-state index in [4.69, 9.17) is 9.52 Å². The topological polar surface area (TPSA) is 76.2 Å². The van der Waals surface area contributed by atoms with E-state index < -0.39 is 5.97 Å². The van der Waals surface area contributed by atoms with E-state index in [0.29, 0.717) is 30.5 Å². The number of nitrogens with zero attached hydrogens (tertiary/aromatic N) is 2. The van der Waals surface area contributed by atoms with E-state index in [1.54, 1.807) is 0 Å². The third-order valence-electron chi connectivity index (χ3n) is 2.23. The summed E-state index contributed by atoms with van der Waals surface area (Å²) in [4.78, 5) is 10.3. The van der Waals surface area contributed by atoms with Crippen molar-refractivity contribution in [3.63, 3.8) is 0 Å². The highest BCUT2D eigenvalue weighted by Crippen LogP contribution is 2.09. The molecule has 1 aromatic rings. The van der Waals surface area contributed by atoms with E-state index in [1.165, 1.54) is 0 Å². The normalized spacial score (nSPS) is 10.9. The summed E-state index contributed by atoms with van der Waals surface area (Å²) in [5.41, 5.74) is 0. The van der Waals surface area contributed by atoms with Crippen molar-refractivity contribution in [2.75, 3.05) is 0 Å². The maximum absolute atomic E-state index is 10.3. The molecule has 90 valence electrons. The van der Waals surface area contributed by atoms with E-state index in [1.807, 2.05) is 0 Å². The van der Waals surface area contributed by atoms with Crippen molar-refractivity contribution < 1.29 is 14.3 Å². The molecule has 0 aliphatic rings.